The summed E-state index contributed by atoms with van der Waals surface area (Å²) in [5, 5.41) is 0. The van der Waals surface area contributed by atoms with Gasteiger partial charge in [-0.1, -0.05) is 42.5 Å². The van der Waals surface area contributed by atoms with Gasteiger partial charge in [0.05, 0.1) is 0 Å². The van der Waals surface area contributed by atoms with E-state index in [2.05, 4.69) is 0 Å². The van der Waals surface area contributed by atoms with Gasteiger partial charge < -0.3 is 4.90 Å². The van der Waals surface area contributed by atoms with Crippen molar-refractivity contribution < 1.29 is 17.6 Å². The molecule has 2 aromatic carbocycles. The highest BCUT2D eigenvalue weighted by atomic mass is 32.2. The quantitative estimate of drug-likeness (QED) is 0.632. The lowest BCUT2D eigenvalue weighted by Gasteiger charge is -2.31. The average molecular weight is 433 g/mol. The van der Waals surface area contributed by atoms with Crippen LogP contribution < -0.4 is 0 Å². The maximum Gasteiger partial charge on any atom is 0.245 e. The summed E-state index contributed by atoms with van der Waals surface area (Å²) in [6.07, 6.45) is 2.58. The minimum absolute atomic E-state index is 0.128. The Kier molecular flexibility index (Phi) is 7.61. The molecule has 5 nitrogen and oxygen atoms in total. The highest BCUT2D eigenvalue weighted by molar-refractivity contribution is 7.89. The van der Waals surface area contributed by atoms with E-state index in [4.69, 9.17) is 0 Å². The van der Waals surface area contributed by atoms with Crippen molar-refractivity contribution >= 4 is 15.9 Å². The number of carbonyl (C=O) groups is 1. The van der Waals surface area contributed by atoms with Gasteiger partial charge in [-0.2, -0.15) is 4.31 Å². The van der Waals surface area contributed by atoms with Crippen LogP contribution in [0.5, 0.6) is 0 Å². The standard InChI is InChI=1S/C23H29FN2O3S/c1-2-25(18-20-8-4-3-5-9-20)23(27)13-12-19-14-16-26(17-15-19)30(28,29)22-11-7-6-10-21(22)24/h3-11,19H,2,12-18H2,1H3. The Hall–Kier alpha value is -2.25. The summed E-state index contributed by atoms with van der Waals surface area (Å²) >= 11 is 0. The van der Waals surface area contributed by atoms with Gasteiger partial charge in [-0.05, 0) is 49.8 Å². The van der Waals surface area contributed by atoms with E-state index >= 15 is 0 Å². The lowest BCUT2D eigenvalue weighted by molar-refractivity contribution is -0.132. The third-order valence-corrected chi connectivity index (χ3v) is 7.68. The molecule has 0 unspecified atom stereocenters. The molecule has 1 aliphatic rings. The van der Waals surface area contributed by atoms with Crippen molar-refractivity contribution in [2.45, 2.75) is 44.0 Å². The number of hydrogen-bond donors (Lipinski definition) is 0. The number of carbonyl (C=O) groups excluding carboxylic acids is 1. The zero-order valence-corrected chi connectivity index (χ0v) is 18.2. The molecule has 0 N–H and O–H groups in total. The fourth-order valence-electron chi connectivity index (χ4n) is 3.90. The van der Waals surface area contributed by atoms with Gasteiger partial charge in [0.25, 0.3) is 0 Å². The Morgan fingerprint density at radius 1 is 1.07 bits per heavy atom. The summed E-state index contributed by atoms with van der Waals surface area (Å²) in [7, 11) is -3.82. The molecular formula is C23H29FN2O3S. The van der Waals surface area contributed by atoms with Crippen molar-refractivity contribution in [1.82, 2.24) is 9.21 Å². The average Bonchev–Trinajstić information content (AvgIpc) is 2.77. The first kappa shape index (κ1) is 22.4. The van der Waals surface area contributed by atoms with E-state index in [1.54, 1.807) is 0 Å². The zero-order chi connectivity index (χ0) is 21.6. The first-order valence-electron chi connectivity index (χ1n) is 10.5. The molecule has 0 aromatic heterocycles. The molecule has 1 aliphatic heterocycles. The van der Waals surface area contributed by atoms with Gasteiger partial charge in [0.15, 0.2) is 0 Å². The number of benzene rings is 2. The second kappa shape index (κ2) is 10.2. The monoisotopic (exact) mass is 432 g/mol. The van der Waals surface area contributed by atoms with E-state index in [1.165, 1.54) is 28.6 Å². The van der Waals surface area contributed by atoms with E-state index < -0.39 is 15.8 Å². The molecule has 0 spiro atoms. The third kappa shape index (κ3) is 5.46. The van der Waals surface area contributed by atoms with Crippen LogP contribution in [0.4, 0.5) is 4.39 Å². The van der Waals surface area contributed by atoms with Crippen LogP contribution in [0.15, 0.2) is 59.5 Å². The van der Waals surface area contributed by atoms with Crippen molar-refractivity contribution in [2.24, 2.45) is 5.92 Å². The lowest BCUT2D eigenvalue weighted by Crippen LogP contribution is -2.39. The summed E-state index contributed by atoms with van der Waals surface area (Å²) in [4.78, 5) is 14.2. The molecular weight excluding hydrogens is 403 g/mol. The van der Waals surface area contributed by atoms with Crippen LogP contribution in [0.2, 0.25) is 0 Å². The van der Waals surface area contributed by atoms with Crippen LogP contribution >= 0.6 is 0 Å². The van der Waals surface area contributed by atoms with Crippen LogP contribution in [-0.4, -0.2) is 43.2 Å². The van der Waals surface area contributed by atoms with Crippen LogP contribution in [-0.2, 0) is 21.4 Å². The minimum Gasteiger partial charge on any atom is -0.339 e. The first-order chi connectivity index (χ1) is 14.4. The van der Waals surface area contributed by atoms with Crippen molar-refractivity contribution in [2.75, 3.05) is 19.6 Å². The lowest BCUT2D eigenvalue weighted by atomic mass is 9.93. The van der Waals surface area contributed by atoms with E-state index in [0.29, 0.717) is 51.4 Å². The maximum absolute atomic E-state index is 13.9. The van der Waals surface area contributed by atoms with Crippen LogP contribution in [0, 0.1) is 11.7 Å². The molecule has 1 saturated heterocycles. The van der Waals surface area contributed by atoms with E-state index in [1.807, 2.05) is 42.2 Å². The number of nitrogens with zero attached hydrogens (tertiary/aromatic N) is 2. The molecule has 0 radical (unpaired) electrons. The van der Waals surface area contributed by atoms with Crippen LogP contribution in [0.3, 0.4) is 0 Å². The summed E-state index contributed by atoms with van der Waals surface area (Å²) in [5.41, 5.74) is 1.11. The normalized spacial score (nSPS) is 15.8. The molecule has 1 fully saturated rings. The minimum atomic E-state index is -3.82. The van der Waals surface area contributed by atoms with E-state index in [-0.39, 0.29) is 10.8 Å². The molecule has 30 heavy (non-hydrogen) atoms. The molecule has 0 saturated carbocycles. The van der Waals surface area contributed by atoms with Crippen molar-refractivity contribution in [1.29, 1.82) is 0 Å². The second-order valence-electron chi connectivity index (χ2n) is 7.71. The van der Waals surface area contributed by atoms with Crippen molar-refractivity contribution in [3.63, 3.8) is 0 Å². The van der Waals surface area contributed by atoms with Crippen LogP contribution in [0.25, 0.3) is 0 Å². The number of hydrogen-bond acceptors (Lipinski definition) is 3. The molecule has 0 bridgehead atoms. The van der Waals surface area contributed by atoms with Gasteiger partial charge in [-0.3, -0.25) is 4.79 Å². The molecule has 162 valence electrons. The van der Waals surface area contributed by atoms with Gasteiger partial charge >= 0.3 is 0 Å². The molecule has 0 atom stereocenters. The summed E-state index contributed by atoms with van der Waals surface area (Å²) < 4.78 is 40.7. The topological polar surface area (TPSA) is 57.7 Å². The van der Waals surface area contributed by atoms with Gasteiger partial charge in [-0.25, -0.2) is 12.8 Å². The third-order valence-electron chi connectivity index (χ3n) is 5.75. The number of sulfonamides is 1. The Morgan fingerprint density at radius 3 is 2.33 bits per heavy atom. The molecule has 2 aromatic rings. The number of piperidine rings is 1. The van der Waals surface area contributed by atoms with E-state index in [0.717, 1.165) is 12.0 Å². The van der Waals surface area contributed by atoms with Crippen LogP contribution in [0.1, 0.15) is 38.2 Å². The molecule has 1 amide bonds. The molecule has 0 aliphatic carbocycles. The zero-order valence-electron chi connectivity index (χ0n) is 17.3. The summed E-state index contributed by atoms with van der Waals surface area (Å²) in [5.74, 6) is -0.289. The largest absolute Gasteiger partial charge is 0.339 e. The fraction of sp³-hybridized carbons (Fsp3) is 0.435. The maximum atomic E-state index is 13.9. The van der Waals surface area contributed by atoms with Gasteiger partial charge in [0.2, 0.25) is 15.9 Å². The predicted octanol–water partition coefficient (Wildman–Crippen LogP) is 4.06. The Balaban J connectivity index is 1.50. The smallest absolute Gasteiger partial charge is 0.245 e. The summed E-state index contributed by atoms with van der Waals surface area (Å²) in [6.45, 7) is 3.96. The molecule has 7 heteroatoms. The number of amides is 1. The first-order valence-corrected chi connectivity index (χ1v) is 11.9. The Morgan fingerprint density at radius 2 is 1.70 bits per heavy atom. The van der Waals surface area contributed by atoms with Crippen molar-refractivity contribution in [3.05, 3.63) is 66.0 Å². The summed E-state index contributed by atoms with van der Waals surface area (Å²) in [6, 6.07) is 15.4. The van der Waals surface area contributed by atoms with Gasteiger partial charge in [0.1, 0.15) is 10.7 Å². The number of rotatable bonds is 8. The highest BCUT2D eigenvalue weighted by Gasteiger charge is 2.31. The number of halogens is 1. The predicted molar refractivity (Wildman–Crippen MR) is 115 cm³/mol. The highest BCUT2D eigenvalue weighted by Crippen LogP contribution is 2.27. The molecule has 3 rings (SSSR count). The van der Waals surface area contributed by atoms with E-state index in [9.17, 15) is 17.6 Å². The van der Waals surface area contributed by atoms with Gasteiger partial charge in [-0.15, -0.1) is 0 Å². The van der Waals surface area contributed by atoms with Gasteiger partial charge in [0, 0.05) is 32.6 Å². The molecule has 1 heterocycles. The SMILES string of the molecule is CCN(Cc1ccccc1)C(=O)CCC1CCN(S(=O)(=O)c2ccccc2F)CC1. The second-order valence-corrected chi connectivity index (χ2v) is 9.62. The Labute approximate surface area is 178 Å². The Bertz CT molecular complexity index is 942. The fourth-order valence-corrected chi connectivity index (χ4v) is 5.43. The van der Waals surface area contributed by atoms with Crippen molar-refractivity contribution in [3.8, 4) is 0 Å².